The highest BCUT2D eigenvalue weighted by molar-refractivity contribution is 6.65. The van der Waals surface area contributed by atoms with Gasteiger partial charge >= 0.3 is 7.12 Å². The number of nitrogens with zero attached hydrogens (tertiary/aromatic N) is 1. The first-order valence-electron chi connectivity index (χ1n) is 9.26. The molecule has 3 rings (SSSR count). The summed E-state index contributed by atoms with van der Waals surface area (Å²) in [6.45, 7) is 9.56. The topological polar surface area (TPSA) is 50.8 Å². The van der Waals surface area contributed by atoms with Gasteiger partial charge in [-0.2, -0.15) is 0 Å². The minimum Gasteiger partial charge on any atom is -0.399 e. The van der Waals surface area contributed by atoms with Crippen LogP contribution in [0.3, 0.4) is 0 Å². The molecule has 26 heavy (non-hydrogen) atoms. The molecule has 2 aliphatic rings. The Morgan fingerprint density at radius 1 is 1.19 bits per heavy atom. The Morgan fingerprint density at radius 3 is 2.27 bits per heavy atom. The number of benzene rings is 1. The van der Waals surface area contributed by atoms with E-state index >= 15 is 0 Å². The van der Waals surface area contributed by atoms with Crippen LogP contribution in [-0.4, -0.2) is 55.3 Å². The second kappa shape index (κ2) is 7.15. The molecular weight excluding hydrogens is 350 g/mol. The molecule has 5 nitrogen and oxygen atoms in total. The van der Waals surface area contributed by atoms with Gasteiger partial charge in [-0.1, -0.05) is 17.7 Å². The molecule has 0 bridgehead atoms. The largest absolute Gasteiger partial charge is 0.496 e. The predicted molar refractivity (Wildman–Crippen MR) is 105 cm³/mol. The highest BCUT2D eigenvalue weighted by Gasteiger charge is 2.52. The summed E-state index contributed by atoms with van der Waals surface area (Å²) in [7, 11) is 1.44. The number of hydrogen-bond acceptors (Lipinski definition) is 4. The molecule has 2 aliphatic heterocycles. The summed E-state index contributed by atoms with van der Waals surface area (Å²) in [5.41, 5.74) is 0.522. The molecule has 142 valence electrons. The van der Waals surface area contributed by atoms with E-state index < -0.39 is 18.3 Å². The number of piperidine rings is 1. The van der Waals surface area contributed by atoms with Gasteiger partial charge in [-0.15, -0.1) is 0 Å². The van der Waals surface area contributed by atoms with Crippen LogP contribution in [0, 0.1) is 0 Å². The summed E-state index contributed by atoms with van der Waals surface area (Å²) in [5, 5.41) is 3.78. The van der Waals surface area contributed by atoms with Crippen LogP contribution in [0.4, 0.5) is 0 Å². The lowest BCUT2D eigenvalue weighted by molar-refractivity contribution is 0.00578. The summed E-state index contributed by atoms with van der Waals surface area (Å²) in [4.78, 5) is 14.7. The number of carbonyl (C=O) groups is 1. The fraction of sp³-hybridized carbons (Fsp3) is 0.632. The van der Waals surface area contributed by atoms with Gasteiger partial charge in [0, 0.05) is 35.2 Å². The fourth-order valence-electron chi connectivity index (χ4n) is 3.38. The van der Waals surface area contributed by atoms with Crippen LogP contribution in [0.15, 0.2) is 18.2 Å². The smallest absolute Gasteiger partial charge is 0.399 e. The Labute approximate surface area is 161 Å². The van der Waals surface area contributed by atoms with Crippen molar-refractivity contribution in [2.45, 2.75) is 57.8 Å². The van der Waals surface area contributed by atoms with E-state index in [0.717, 1.165) is 31.4 Å². The van der Waals surface area contributed by atoms with E-state index in [4.69, 9.17) is 20.9 Å². The third kappa shape index (κ3) is 3.65. The van der Waals surface area contributed by atoms with Crippen LogP contribution in [0.25, 0.3) is 0 Å². The first kappa shape index (κ1) is 19.7. The maximum absolute atomic E-state index is 12.8. The predicted octanol–water partition coefficient (Wildman–Crippen LogP) is 2.46. The van der Waals surface area contributed by atoms with Crippen LogP contribution in [0.1, 0.15) is 50.9 Å². The number of carbonyl (C=O) groups excluding carboxylic acids is 1. The van der Waals surface area contributed by atoms with E-state index in [9.17, 15) is 4.79 Å². The lowest BCUT2D eigenvalue weighted by Gasteiger charge is -2.32. The monoisotopic (exact) mass is 378 g/mol. The normalized spacial score (nSPS) is 22.7. The summed E-state index contributed by atoms with van der Waals surface area (Å²) >= 11 is 6.48. The average molecular weight is 379 g/mol. The molecule has 1 N–H and O–H groups in total. The standard InChI is InChI=1S/C19H28BClN2O3/c1-18(2)19(3,4)26-20(25-18)15-7-6-13(12-16(15)21)17(24)23-10-8-14(22-5)9-11-23/h6-7,12,14,22H,8-11H2,1-5H3. The van der Waals surface area contributed by atoms with E-state index in [1.54, 1.807) is 6.07 Å². The van der Waals surface area contributed by atoms with Gasteiger partial charge in [0.2, 0.25) is 0 Å². The first-order valence-corrected chi connectivity index (χ1v) is 9.64. The second-order valence-electron chi connectivity index (χ2n) is 8.18. The summed E-state index contributed by atoms with van der Waals surface area (Å²) in [6.07, 6.45) is 1.95. The van der Waals surface area contributed by atoms with E-state index in [1.807, 2.05) is 51.8 Å². The molecule has 0 spiro atoms. The molecule has 1 aromatic carbocycles. The molecular formula is C19H28BClN2O3. The summed E-state index contributed by atoms with van der Waals surface area (Å²) in [5.74, 6) is 0.0296. The summed E-state index contributed by atoms with van der Waals surface area (Å²) in [6, 6.07) is 5.89. The van der Waals surface area contributed by atoms with Crippen LogP contribution in [-0.2, 0) is 9.31 Å². The number of likely N-dealkylation sites (tertiary alicyclic amines) is 1. The minimum atomic E-state index is -0.525. The maximum atomic E-state index is 12.8. The van der Waals surface area contributed by atoms with Crippen molar-refractivity contribution in [3.63, 3.8) is 0 Å². The third-order valence-electron chi connectivity index (χ3n) is 5.95. The number of nitrogens with one attached hydrogen (secondary N) is 1. The van der Waals surface area contributed by atoms with E-state index in [0.29, 0.717) is 16.6 Å². The SMILES string of the molecule is CNC1CCN(C(=O)c2ccc(B3OC(C)(C)C(C)(C)O3)c(Cl)c2)CC1. The molecule has 0 atom stereocenters. The van der Waals surface area contributed by atoms with Crippen LogP contribution in [0.2, 0.25) is 5.02 Å². The van der Waals surface area contributed by atoms with Crippen molar-refractivity contribution < 1.29 is 14.1 Å². The Hall–Kier alpha value is -1.08. The van der Waals surface area contributed by atoms with E-state index in [-0.39, 0.29) is 5.91 Å². The van der Waals surface area contributed by atoms with Crippen molar-refractivity contribution in [2.75, 3.05) is 20.1 Å². The van der Waals surface area contributed by atoms with Crippen LogP contribution < -0.4 is 10.8 Å². The number of amides is 1. The molecule has 7 heteroatoms. The Balaban J connectivity index is 1.73. The molecule has 2 fully saturated rings. The average Bonchev–Trinajstić information content (AvgIpc) is 2.81. The zero-order valence-electron chi connectivity index (χ0n) is 16.3. The quantitative estimate of drug-likeness (QED) is 0.821. The number of halogens is 1. The van der Waals surface area contributed by atoms with E-state index in [1.165, 1.54) is 0 Å². The molecule has 2 heterocycles. The van der Waals surface area contributed by atoms with Gasteiger partial charge in [-0.25, -0.2) is 0 Å². The molecule has 0 saturated carbocycles. The van der Waals surface area contributed by atoms with Crippen molar-refractivity contribution in [3.8, 4) is 0 Å². The van der Waals surface area contributed by atoms with Crippen LogP contribution in [0.5, 0.6) is 0 Å². The molecule has 1 aromatic rings. The summed E-state index contributed by atoms with van der Waals surface area (Å²) < 4.78 is 12.1. The minimum absolute atomic E-state index is 0.0296. The Kier molecular flexibility index (Phi) is 5.41. The molecule has 0 unspecified atom stereocenters. The molecule has 0 aliphatic carbocycles. The maximum Gasteiger partial charge on any atom is 0.496 e. The van der Waals surface area contributed by atoms with Crippen molar-refractivity contribution >= 4 is 30.1 Å². The number of hydrogen-bond donors (Lipinski definition) is 1. The van der Waals surface area contributed by atoms with Crippen molar-refractivity contribution in [2.24, 2.45) is 0 Å². The highest BCUT2D eigenvalue weighted by Crippen LogP contribution is 2.37. The zero-order chi connectivity index (χ0) is 19.1. The number of rotatable bonds is 3. The van der Waals surface area contributed by atoms with Crippen LogP contribution >= 0.6 is 11.6 Å². The Bertz CT molecular complexity index is 671. The van der Waals surface area contributed by atoms with Crippen molar-refractivity contribution in [1.29, 1.82) is 0 Å². The Morgan fingerprint density at radius 2 is 1.77 bits per heavy atom. The fourth-order valence-corrected chi connectivity index (χ4v) is 3.64. The van der Waals surface area contributed by atoms with Gasteiger partial charge in [0.25, 0.3) is 5.91 Å². The van der Waals surface area contributed by atoms with Gasteiger partial charge in [0.15, 0.2) is 0 Å². The van der Waals surface area contributed by atoms with Gasteiger partial charge < -0.3 is 19.5 Å². The zero-order valence-corrected chi connectivity index (χ0v) is 17.0. The highest BCUT2D eigenvalue weighted by atomic mass is 35.5. The third-order valence-corrected chi connectivity index (χ3v) is 6.27. The first-order chi connectivity index (χ1) is 12.1. The van der Waals surface area contributed by atoms with E-state index in [2.05, 4.69) is 5.32 Å². The molecule has 1 amide bonds. The van der Waals surface area contributed by atoms with Crippen molar-refractivity contribution in [1.82, 2.24) is 10.2 Å². The lowest BCUT2D eigenvalue weighted by atomic mass is 9.78. The molecule has 2 saturated heterocycles. The molecule has 0 aromatic heterocycles. The van der Waals surface area contributed by atoms with Crippen molar-refractivity contribution in [3.05, 3.63) is 28.8 Å². The van der Waals surface area contributed by atoms with Gasteiger partial charge in [-0.05, 0) is 59.7 Å². The van der Waals surface area contributed by atoms with Gasteiger partial charge in [0.05, 0.1) is 11.2 Å². The molecule has 0 radical (unpaired) electrons. The second-order valence-corrected chi connectivity index (χ2v) is 8.59. The van der Waals surface area contributed by atoms with Gasteiger partial charge in [0.1, 0.15) is 0 Å². The lowest BCUT2D eigenvalue weighted by Crippen LogP contribution is -2.44. The van der Waals surface area contributed by atoms with Gasteiger partial charge in [-0.3, -0.25) is 4.79 Å².